The Labute approximate surface area is 100 Å². The minimum absolute atomic E-state index is 0.0540. The zero-order valence-electron chi connectivity index (χ0n) is 9.82. The molecule has 0 bridgehead atoms. The number of carbonyl (C=O) groups is 2. The van der Waals surface area contributed by atoms with Gasteiger partial charge in [0.25, 0.3) is 0 Å². The number of aryl methyl sites for hydroxylation is 1. The summed E-state index contributed by atoms with van der Waals surface area (Å²) in [5.41, 5.74) is 8.86. The molecule has 0 radical (unpaired) electrons. The Bertz CT molecular complexity index is 468. The van der Waals surface area contributed by atoms with E-state index in [4.69, 9.17) is 5.73 Å². The highest BCUT2D eigenvalue weighted by atomic mass is 16.1. The molecule has 4 heteroatoms. The maximum Gasteiger partial charge on any atom is 0.224 e. The van der Waals surface area contributed by atoms with Crippen LogP contribution in [0.3, 0.4) is 0 Å². The number of fused-ring (bicyclic) bond motifs is 1. The van der Waals surface area contributed by atoms with Gasteiger partial charge in [0, 0.05) is 24.6 Å². The number of nitrogens with one attached hydrogen (secondary N) is 1. The molecule has 90 valence electrons. The lowest BCUT2D eigenvalue weighted by Crippen LogP contribution is -2.20. The number of amides is 1. The van der Waals surface area contributed by atoms with Crippen LogP contribution in [0.2, 0.25) is 0 Å². The van der Waals surface area contributed by atoms with Crippen molar-refractivity contribution in [2.24, 2.45) is 5.73 Å². The van der Waals surface area contributed by atoms with Crippen LogP contribution in [0.25, 0.3) is 0 Å². The summed E-state index contributed by atoms with van der Waals surface area (Å²) in [4.78, 5) is 22.2. The lowest BCUT2D eigenvalue weighted by atomic mass is 9.96. The average molecular weight is 232 g/mol. The molecule has 2 rings (SSSR count). The first-order valence-corrected chi connectivity index (χ1v) is 5.74. The summed E-state index contributed by atoms with van der Waals surface area (Å²) >= 11 is 0. The predicted molar refractivity (Wildman–Crippen MR) is 65.6 cm³/mol. The van der Waals surface area contributed by atoms with Gasteiger partial charge in [-0.05, 0) is 30.5 Å². The molecule has 1 aliphatic heterocycles. The monoisotopic (exact) mass is 232 g/mol. The van der Waals surface area contributed by atoms with Gasteiger partial charge in [0.15, 0.2) is 0 Å². The van der Waals surface area contributed by atoms with E-state index in [0.29, 0.717) is 12.8 Å². The molecule has 1 aromatic rings. The number of anilines is 1. The van der Waals surface area contributed by atoms with Crippen LogP contribution in [0, 0.1) is 0 Å². The predicted octanol–water partition coefficient (Wildman–Crippen LogP) is 1.55. The Hall–Kier alpha value is -1.68. The van der Waals surface area contributed by atoms with Gasteiger partial charge < -0.3 is 11.1 Å². The van der Waals surface area contributed by atoms with E-state index in [-0.39, 0.29) is 17.7 Å². The summed E-state index contributed by atoms with van der Waals surface area (Å²) in [6.07, 6.45) is 1.60. The van der Waals surface area contributed by atoms with Crippen LogP contribution >= 0.6 is 0 Å². The topological polar surface area (TPSA) is 72.2 Å². The van der Waals surface area contributed by atoms with Crippen LogP contribution in [0.1, 0.15) is 36.9 Å². The maximum absolute atomic E-state index is 11.2. The zero-order valence-corrected chi connectivity index (χ0v) is 9.82. The van der Waals surface area contributed by atoms with Crippen LogP contribution in [-0.4, -0.2) is 11.7 Å². The fraction of sp³-hybridized carbons (Fsp3) is 0.385. The largest absolute Gasteiger partial charge is 0.326 e. The van der Waals surface area contributed by atoms with E-state index >= 15 is 0 Å². The second-order valence-electron chi connectivity index (χ2n) is 4.48. The summed E-state index contributed by atoms with van der Waals surface area (Å²) in [5.74, 6) is 0.141. The lowest BCUT2D eigenvalue weighted by molar-refractivity contribution is -0.117. The Morgan fingerprint density at radius 2 is 2.24 bits per heavy atom. The fourth-order valence-corrected chi connectivity index (χ4v) is 2.06. The molecule has 0 saturated heterocycles. The normalized spacial score (nSPS) is 16.0. The number of hydrogen-bond donors (Lipinski definition) is 2. The molecule has 1 aromatic carbocycles. The van der Waals surface area contributed by atoms with Crippen molar-refractivity contribution in [1.29, 1.82) is 0 Å². The van der Waals surface area contributed by atoms with Crippen LogP contribution < -0.4 is 11.1 Å². The minimum atomic E-state index is -0.254. The zero-order chi connectivity index (χ0) is 12.4. The molecule has 1 atom stereocenters. The molecule has 1 aliphatic rings. The molecule has 1 amide bonds. The number of benzene rings is 1. The van der Waals surface area contributed by atoms with Gasteiger partial charge in [-0.2, -0.15) is 0 Å². The molecule has 0 aromatic heterocycles. The van der Waals surface area contributed by atoms with Crippen LogP contribution in [-0.2, 0) is 16.0 Å². The van der Waals surface area contributed by atoms with Crippen molar-refractivity contribution in [2.75, 3.05) is 5.32 Å². The summed E-state index contributed by atoms with van der Waals surface area (Å²) in [6, 6.07) is 5.47. The van der Waals surface area contributed by atoms with E-state index in [0.717, 1.165) is 23.2 Å². The van der Waals surface area contributed by atoms with Gasteiger partial charge in [-0.1, -0.05) is 12.1 Å². The van der Waals surface area contributed by atoms with Gasteiger partial charge in [0.05, 0.1) is 0 Å². The average Bonchev–Trinajstić information content (AvgIpc) is 2.27. The molecule has 0 fully saturated rings. The Kier molecular flexibility index (Phi) is 3.24. The number of nitrogens with two attached hydrogens (primary N) is 1. The van der Waals surface area contributed by atoms with Crippen molar-refractivity contribution in [3.63, 3.8) is 0 Å². The molecule has 3 N–H and O–H groups in total. The van der Waals surface area contributed by atoms with Crippen molar-refractivity contribution in [3.8, 4) is 0 Å². The van der Waals surface area contributed by atoms with Gasteiger partial charge in [0.1, 0.15) is 5.78 Å². The minimum Gasteiger partial charge on any atom is -0.326 e. The number of ketones is 1. The molecule has 0 spiro atoms. The third-order valence-corrected chi connectivity index (χ3v) is 2.96. The molecular weight excluding hydrogens is 216 g/mol. The Morgan fingerprint density at radius 3 is 2.94 bits per heavy atom. The van der Waals surface area contributed by atoms with E-state index in [1.165, 1.54) is 0 Å². The number of hydrogen-bond acceptors (Lipinski definition) is 3. The van der Waals surface area contributed by atoms with Crippen molar-refractivity contribution in [2.45, 2.75) is 32.2 Å². The van der Waals surface area contributed by atoms with Crippen LogP contribution in [0.4, 0.5) is 5.69 Å². The van der Waals surface area contributed by atoms with Gasteiger partial charge in [0.2, 0.25) is 5.91 Å². The lowest BCUT2D eigenvalue weighted by Gasteiger charge is -2.19. The molecular formula is C13H16N2O2. The molecule has 0 aliphatic carbocycles. The molecule has 4 nitrogen and oxygen atoms in total. The third kappa shape index (κ3) is 2.71. The highest BCUT2D eigenvalue weighted by molar-refractivity contribution is 5.93. The molecule has 1 heterocycles. The van der Waals surface area contributed by atoms with Crippen molar-refractivity contribution < 1.29 is 9.59 Å². The fourth-order valence-electron chi connectivity index (χ4n) is 2.06. The Balaban J connectivity index is 2.21. The first-order valence-electron chi connectivity index (χ1n) is 5.74. The third-order valence-electron chi connectivity index (χ3n) is 2.96. The van der Waals surface area contributed by atoms with Crippen molar-refractivity contribution >= 4 is 17.4 Å². The van der Waals surface area contributed by atoms with Crippen LogP contribution in [0.15, 0.2) is 18.2 Å². The first kappa shape index (κ1) is 11.8. The second-order valence-corrected chi connectivity index (χ2v) is 4.48. The number of Topliss-reactive ketones (excluding diaryl/α,β-unsaturated/α-hetero) is 1. The highest BCUT2D eigenvalue weighted by Crippen LogP contribution is 2.26. The van der Waals surface area contributed by atoms with E-state index in [1.54, 1.807) is 6.92 Å². The molecule has 1 unspecified atom stereocenters. The SMILES string of the molecule is CC(=O)CC(N)c1ccc2c(c1)CCC(=O)N2. The Morgan fingerprint density at radius 1 is 1.47 bits per heavy atom. The van der Waals surface area contributed by atoms with E-state index in [9.17, 15) is 9.59 Å². The molecule has 17 heavy (non-hydrogen) atoms. The van der Waals surface area contributed by atoms with Gasteiger partial charge in [-0.25, -0.2) is 0 Å². The maximum atomic E-state index is 11.2. The van der Waals surface area contributed by atoms with Crippen molar-refractivity contribution in [1.82, 2.24) is 0 Å². The van der Waals surface area contributed by atoms with Crippen LogP contribution in [0.5, 0.6) is 0 Å². The van der Waals surface area contributed by atoms with Gasteiger partial charge >= 0.3 is 0 Å². The van der Waals surface area contributed by atoms with E-state index < -0.39 is 0 Å². The van der Waals surface area contributed by atoms with E-state index in [2.05, 4.69) is 5.32 Å². The van der Waals surface area contributed by atoms with Gasteiger partial charge in [-0.3, -0.25) is 9.59 Å². The van der Waals surface area contributed by atoms with Gasteiger partial charge in [-0.15, -0.1) is 0 Å². The summed E-state index contributed by atoms with van der Waals surface area (Å²) in [5, 5.41) is 2.82. The quantitative estimate of drug-likeness (QED) is 0.830. The standard InChI is InChI=1S/C13H16N2O2/c1-8(16)6-11(14)9-2-4-12-10(7-9)3-5-13(17)15-12/h2,4,7,11H,3,5-6,14H2,1H3,(H,15,17). The highest BCUT2D eigenvalue weighted by Gasteiger charge is 2.16. The summed E-state index contributed by atoms with van der Waals surface area (Å²) in [6.45, 7) is 1.54. The summed E-state index contributed by atoms with van der Waals surface area (Å²) in [7, 11) is 0. The molecule has 0 saturated carbocycles. The number of carbonyl (C=O) groups excluding carboxylic acids is 2. The van der Waals surface area contributed by atoms with E-state index in [1.807, 2.05) is 18.2 Å². The second kappa shape index (κ2) is 4.67. The first-order chi connectivity index (χ1) is 8.06. The number of rotatable bonds is 3. The smallest absolute Gasteiger partial charge is 0.224 e. The summed E-state index contributed by atoms with van der Waals surface area (Å²) < 4.78 is 0. The van der Waals surface area contributed by atoms with Crippen molar-refractivity contribution in [3.05, 3.63) is 29.3 Å².